The fourth-order valence-electron chi connectivity index (χ4n) is 3.52. The molecule has 7 heteroatoms. The fraction of sp³-hybridized carbons (Fsp3) is 0.364. The van der Waals surface area contributed by atoms with Crippen LogP contribution in [0.2, 0.25) is 0 Å². The lowest BCUT2D eigenvalue weighted by molar-refractivity contribution is -0.124. The number of halogens is 1. The molecule has 2 atom stereocenters. The van der Waals surface area contributed by atoms with Crippen molar-refractivity contribution < 1.29 is 14.0 Å². The Kier molecular flexibility index (Phi) is 6.92. The van der Waals surface area contributed by atoms with Gasteiger partial charge in [0.1, 0.15) is 11.3 Å². The van der Waals surface area contributed by atoms with Crippen LogP contribution in [0.1, 0.15) is 35.1 Å². The summed E-state index contributed by atoms with van der Waals surface area (Å²) in [5.74, 6) is 0.155. The molecule has 2 aromatic rings. The number of rotatable bonds is 6. The lowest BCUT2D eigenvalue weighted by Crippen LogP contribution is -2.55. The van der Waals surface area contributed by atoms with E-state index in [1.807, 2.05) is 32.9 Å². The van der Waals surface area contributed by atoms with E-state index in [1.54, 1.807) is 12.1 Å². The van der Waals surface area contributed by atoms with Crippen LogP contribution in [0.15, 0.2) is 36.4 Å². The van der Waals surface area contributed by atoms with Crippen LogP contribution >= 0.6 is 11.8 Å². The van der Waals surface area contributed by atoms with Crippen molar-refractivity contribution in [3.8, 4) is 0 Å². The summed E-state index contributed by atoms with van der Waals surface area (Å²) in [5, 5.41) is 9.19. The maximum atomic E-state index is 13.0. The Morgan fingerprint density at radius 1 is 1.17 bits per heavy atom. The number of aryl methyl sites for hydroxylation is 3. The first-order valence-electron chi connectivity index (χ1n) is 9.59. The molecule has 0 spiro atoms. The van der Waals surface area contributed by atoms with E-state index in [4.69, 9.17) is 0 Å². The van der Waals surface area contributed by atoms with Gasteiger partial charge in [-0.1, -0.05) is 29.8 Å². The lowest BCUT2D eigenvalue weighted by atomic mass is 10.0. The molecule has 0 bridgehead atoms. The van der Waals surface area contributed by atoms with Gasteiger partial charge in [0.15, 0.2) is 0 Å². The molecule has 1 saturated heterocycles. The van der Waals surface area contributed by atoms with Crippen LogP contribution in [0.25, 0.3) is 0 Å². The highest BCUT2D eigenvalue weighted by molar-refractivity contribution is 7.99. The highest BCUT2D eigenvalue weighted by atomic mass is 32.2. The van der Waals surface area contributed by atoms with Crippen LogP contribution < -0.4 is 16.0 Å². The molecule has 0 saturated carbocycles. The Morgan fingerprint density at radius 3 is 2.48 bits per heavy atom. The van der Waals surface area contributed by atoms with Gasteiger partial charge in [-0.25, -0.2) is 4.39 Å². The number of carbonyl (C=O) groups is 2. The molecule has 2 amide bonds. The van der Waals surface area contributed by atoms with Crippen molar-refractivity contribution in [1.82, 2.24) is 10.6 Å². The minimum Gasteiger partial charge on any atom is -0.332 e. The monoisotopic (exact) mass is 415 g/mol. The van der Waals surface area contributed by atoms with Gasteiger partial charge in [-0.3, -0.25) is 14.9 Å². The van der Waals surface area contributed by atoms with Crippen LogP contribution in [-0.2, 0) is 15.3 Å². The van der Waals surface area contributed by atoms with Gasteiger partial charge in [0, 0.05) is 30.3 Å². The fourth-order valence-corrected chi connectivity index (χ4v) is 4.57. The molecule has 1 heterocycles. The predicted molar refractivity (Wildman–Crippen MR) is 115 cm³/mol. The smallest absolute Gasteiger partial charge is 0.225 e. The maximum Gasteiger partial charge on any atom is 0.225 e. The normalized spacial score (nSPS) is 19.0. The van der Waals surface area contributed by atoms with Crippen molar-refractivity contribution >= 4 is 29.3 Å². The molecular formula is C22H26FN3O2S. The summed E-state index contributed by atoms with van der Waals surface area (Å²) < 4.78 is 13.0. The summed E-state index contributed by atoms with van der Waals surface area (Å²) >= 11 is 1.50. The molecule has 154 valence electrons. The van der Waals surface area contributed by atoms with E-state index in [-0.39, 0.29) is 42.0 Å². The first-order chi connectivity index (χ1) is 13.8. The second-order valence-corrected chi connectivity index (χ2v) is 8.57. The Morgan fingerprint density at radius 2 is 1.83 bits per heavy atom. The minimum atomic E-state index is -0.290. The molecule has 3 rings (SSSR count). The Bertz CT molecular complexity index is 878. The molecule has 0 aliphatic carbocycles. The number of amides is 2. The second kappa shape index (κ2) is 9.41. The van der Waals surface area contributed by atoms with Crippen molar-refractivity contribution in [2.45, 2.75) is 50.9 Å². The maximum absolute atomic E-state index is 13.0. The van der Waals surface area contributed by atoms with Crippen LogP contribution in [-0.4, -0.2) is 23.4 Å². The minimum absolute atomic E-state index is 0.0825. The number of benzene rings is 2. The molecule has 2 unspecified atom stereocenters. The summed E-state index contributed by atoms with van der Waals surface area (Å²) in [6.45, 7) is 5.98. The molecule has 2 aromatic carbocycles. The van der Waals surface area contributed by atoms with Gasteiger partial charge in [0.2, 0.25) is 11.8 Å². The Labute approximate surface area is 174 Å². The molecule has 0 radical (unpaired) electrons. The zero-order valence-corrected chi connectivity index (χ0v) is 17.7. The third-order valence-electron chi connectivity index (χ3n) is 4.81. The van der Waals surface area contributed by atoms with E-state index < -0.39 is 0 Å². The summed E-state index contributed by atoms with van der Waals surface area (Å²) in [6, 6.07) is 10.1. The number of carbonyl (C=O) groups excluding carboxylic acids is 2. The summed E-state index contributed by atoms with van der Waals surface area (Å²) in [4.78, 5) is 24.6. The SMILES string of the molecule is Cc1cc(C)c(NC(=O)CC2CC(=O)NC(SCc3ccc(F)cc3)N2)c(C)c1. The van der Waals surface area contributed by atoms with Crippen LogP contribution in [0.5, 0.6) is 0 Å². The van der Waals surface area contributed by atoms with E-state index in [0.717, 1.165) is 27.9 Å². The standard InChI is InChI=1S/C22H26FN3O2S/c1-13-8-14(2)21(15(3)9-13)25-19(27)10-18-11-20(28)26-22(24-18)29-12-16-4-6-17(23)7-5-16/h4-9,18,22,24H,10-12H2,1-3H3,(H,25,27)(H,26,28). The summed E-state index contributed by atoms with van der Waals surface area (Å²) in [7, 11) is 0. The summed E-state index contributed by atoms with van der Waals surface area (Å²) in [5.41, 5.74) is 4.73. The quantitative estimate of drug-likeness (QED) is 0.672. The molecule has 29 heavy (non-hydrogen) atoms. The number of anilines is 1. The topological polar surface area (TPSA) is 70.2 Å². The number of hydrogen-bond acceptors (Lipinski definition) is 4. The molecule has 1 aliphatic rings. The van der Waals surface area contributed by atoms with Gasteiger partial charge in [-0.05, 0) is 49.6 Å². The largest absolute Gasteiger partial charge is 0.332 e. The molecule has 3 N–H and O–H groups in total. The number of thioether (sulfide) groups is 1. The third kappa shape index (κ3) is 6.05. The Balaban J connectivity index is 1.55. The highest BCUT2D eigenvalue weighted by Gasteiger charge is 2.27. The van der Waals surface area contributed by atoms with E-state index >= 15 is 0 Å². The lowest BCUT2D eigenvalue weighted by Gasteiger charge is -2.31. The van der Waals surface area contributed by atoms with Crippen molar-refractivity contribution in [3.63, 3.8) is 0 Å². The average molecular weight is 416 g/mol. The van der Waals surface area contributed by atoms with Crippen molar-refractivity contribution in [2.24, 2.45) is 0 Å². The zero-order valence-electron chi connectivity index (χ0n) is 16.8. The first kappa shape index (κ1) is 21.3. The van der Waals surface area contributed by atoms with Gasteiger partial charge in [-0.2, -0.15) is 0 Å². The molecule has 0 aromatic heterocycles. The molecule has 1 aliphatic heterocycles. The highest BCUT2D eigenvalue weighted by Crippen LogP contribution is 2.23. The van der Waals surface area contributed by atoms with Gasteiger partial charge in [0.25, 0.3) is 0 Å². The zero-order chi connectivity index (χ0) is 21.0. The van der Waals surface area contributed by atoms with Crippen LogP contribution in [0.3, 0.4) is 0 Å². The van der Waals surface area contributed by atoms with Crippen molar-refractivity contribution in [1.29, 1.82) is 0 Å². The number of hydrogen-bond donors (Lipinski definition) is 3. The molecular weight excluding hydrogens is 389 g/mol. The van der Waals surface area contributed by atoms with Gasteiger partial charge in [0.05, 0.1) is 0 Å². The predicted octanol–water partition coefficient (Wildman–Crippen LogP) is 3.77. The Hall–Kier alpha value is -2.38. The molecule has 1 fully saturated rings. The van der Waals surface area contributed by atoms with E-state index in [1.165, 1.54) is 23.9 Å². The summed E-state index contributed by atoms with van der Waals surface area (Å²) in [6.07, 6.45) is 0.473. The second-order valence-electron chi connectivity index (χ2n) is 7.48. The average Bonchev–Trinajstić information content (AvgIpc) is 2.64. The van der Waals surface area contributed by atoms with Crippen LogP contribution in [0.4, 0.5) is 10.1 Å². The van der Waals surface area contributed by atoms with Crippen molar-refractivity contribution in [2.75, 3.05) is 5.32 Å². The van der Waals surface area contributed by atoms with Gasteiger partial charge >= 0.3 is 0 Å². The van der Waals surface area contributed by atoms with E-state index in [0.29, 0.717) is 5.75 Å². The van der Waals surface area contributed by atoms with E-state index in [2.05, 4.69) is 16.0 Å². The third-order valence-corrected chi connectivity index (χ3v) is 5.90. The first-order valence-corrected chi connectivity index (χ1v) is 10.6. The van der Waals surface area contributed by atoms with E-state index in [9.17, 15) is 14.0 Å². The van der Waals surface area contributed by atoms with Gasteiger partial charge < -0.3 is 10.6 Å². The number of nitrogens with one attached hydrogen (secondary N) is 3. The van der Waals surface area contributed by atoms with Crippen molar-refractivity contribution in [3.05, 3.63) is 64.5 Å². The van der Waals surface area contributed by atoms with Crippen LogP contribution in [0, 0.1) is 26.6 Å². The van der Waals surface area contributed by atoms with Gasteiger partial charge in [-0.15, -0.1) is 11.8 Å². The molecule has 5 nitrogen and oxygen atoms in total.